The highest BCUT2D eigenvalue weighted by Crippen LogP contribution is 2.35. The van der Waals surface area contributed by atoms with Crippen molar-refractivity contribution in [2.45, 2.75) is 52.2 Å². The second-order valence-corrected chi connectivity index (χ2v) is 7.41. The fraction of sp³-hybridized carbons (Fsp3) is 0.600. The van der Waals surface area contributed by atoms with E-state index in [-0.39, 0.29) is 23.1 Å². The second kappa shape index (κ2) is 9.58. The topological polar surface area (TPSA) is 117 Å². The summed E-state index contributed by atoms with van der Waals surface area (Å²) in [5, 5.41) is 14.3. The van der Waals surface area contributed by atoms with Crippen LogP contribution in [0.2, 0.25) is 0 Å². The summed E-state index contributed by atoms with van der Waals surface area (Å²) < 4.78 is 15.4. The van der Waals surface area contributed by atoms with E-state index in [1.807, 2.05) is 0 Å². The van der Waals surface area contributed by atoms with E-state index >= 15 is 0 Å². The van der Waals surface area contributed by atoms with Crippen molar-refractivity contribution in [3.8, 4) is 11.5 Å². The third kappa shape index (κ3) is 5.16. The number of carbonyl (C=O) groups excluding carboxylic acids is 2. The van der Waals surface area contributed by atoms with Crippen LogP contribution in [0.1, 0.15) is 50.4 Å². The molecule has 1 aromatic rings. The first-order valence-electron chi connectivity index (χ1n) is 9.61. The molecule has 1 aliphatic carbocycles. The van der Waals surface area contributed by atoms with E-state index in [1.165, 1.54) is 27.2 Å². The zero-order valence-corrected chi connectivity index (χ0v) is 17.4. The monoisotopic (exact) mass is 408 g/mol. The summed E-state index contributed by atoms with van der Waals surface area (Å²) >= 11 is 0. The summed E-state index contributed by atoms with van der Waals surface area (Å²) in [5.74, 6) is -0.323. The van der Waals surface area contributed by atoms with Gasteiger partial charge in [0.2, 0.25) is 0 Å². The Kier molecular flexibility index (Phi) is 7.41. The van der Waals surface area contributed by atoms with Crippen molar-refractivity contribution in [1.82, 2.24) is 5.32 Å². The molecule has 0 radical (unpaired) electrons. The predicted molar refractivity (Wildman–Crippen MR) is 105 cm³/mol. The number of nitro benzene ring substituents is 1. The molecule has 1 aromatic carbocycles. The molecule has 0 aromatic heterocycles. The first-order chi connectivity index (χ1) is 13.7. The first-order valence-corrected chi connectivity index (χ1v) is 9.61. The highest BCUT2D eigenvalue weighted by atomic mass is 16.6. The number of benzene rings is 1. The number of nitrogens with zero attached hydrogens (tertiary/aromatic N) is 1. The van der Waals surface area contributed by atoms with Gasteiger partial charge in [-0.15, -0.1) is 0 Å². The molecule has 9 heteroatoms. The van der Waals surface area contributed by atoms with Gasteiger partial charge in [-0.25, -0.2) is 4.79 Å². The number of hydrogen-bond donors (Lipinski definition) is 1. The van der Waals surface area contributed by atoms with Crippen LogP contribution in [0.3, 0.4) is 0 Å². The third-order valence-corrected chi connectivity index (χ3v) is 5.61. The summed E-state index contributed by atoms with van der Waals surface area (Å²) in [5.41, 5.74) is -0.804. The molecule has 4 atom stereocenters. The Morgan fingerprint density at radius 1 is 1.17 bits per heavy atom. The van der Waals surface area contributed by atoms with E-state index < -0.39 is 28.6 Å². The Hall–Kier alpha value is -2.84. The molecule has 1 N–H and O–H groups in total. The highest BCUT2D eigenvalue weighted by Gasteiger charge is 2.32. The Balaban J connectivity index is 2.14. The van der Waals surface area contributed by atoms with E-state index in [0.717, 1.165) is 25.3 Å². The van der Waals surface area contributed by atoms with Gasteiger partial charge in [0.05, 0.1) is 25.2 Å². The third-order valence-electron chi connectivity index (χ3n) is 5.61. The van der Waals surface area contributed by atoms with E-state index in [2.05, 4.69) is 19.2 Å². The van der Waals surface area contributed by atoms with Crippen LogP contribution < -0.4 is 14.8 Å². The number of hydrogen-bond acceptors (Lipinski definition) is 7. The lowest BCUT2D eigenvalue weighted by atomic mass is 9.78. The minimum absolute atomic E-state index is 0.0165. The van der Waals surface area contributed by atoms with Gasteiger partial charge in [-0.05, 0) is 25.2 Å². The molecule has 9 nitrogen and oxygen atoms in total. The maximum Gasteiger partial charge on any atom is 0.346 e. The average Bonchev–Trinajstić information content (AvgIpc) is 2.69. The number of esters is 1. The normalized spacial score (nSPS) is 22.3. The molecule has 160 valence electrons. The molecule has 1 fully saturated rings. The molecule has 0 unspecified atom stereocenters. The van der Waals surface area contributed by atoms with Gasteiger partial charge in [0.15, 0.2) is 17.6 Å². The van der Waals surface area contributed by atoms with Crippen LogP contribution >= 0.6 is 0 Å². The van der Waals surface area contributed by atoms with Gasteiger partial charge in [-0.3, -0.25) is 14.9 Å². The summed E-state index contributed by atoms with van der Waals surface area (Å²) in [6.07, 6.45) is 1.93. The number of carbonyl (C=O) groups is 2. The molecule has 0 aliphatic heterocycles. The maximum absolute atomic E-state index is 12.6. The summed E-state index contributed by atoms with van der Waals surface area (Å²) in [7, 11) is 2.68. The maximum atomic E-state index is 12.6. The summed E-state index contributed by atoms with van der Waals surface area (Å²) in [6, 6.07) is 2.28. The quantitative estimate of drug-likeness (QED) is 0.418. The molecule has 29 heavy (non-hydrogen) atoms. The number of methoxy groups -OCH3 is 2. The number of ether oxygens (including phenoxy) is 3. The number of rotatable bonds is 7. The van der Waals surface area contributed by atoms with Crippen molar-refractivity contribution >= 4 is 17.6 Å². The molecule has 2 rings (SSSR count). The van der Waals surface area contributed by atoms with Crippen molar-refractivity contribution < 1.29 is 28.7 Å². The molecule has 0 saturated heterocycles. The first kappa shape index (κ1) is 22.4. The van der Waals surface area contributed by atoms with Crippen LogP contribution in [0.15, 0.2) is 12.1 Å². The van der Waals surface area contributed by atoms with Crippen LogP contribution in [0, 0.1) is 22.0 Å². The van der Waals surface area contributed by atoms with Crippen LogP contribution in [0.5, 0.6) is 11.5 Å². The average molecular weight is 408 g/mol. The number of amides is 1. The van der Waals surface area contributed by atoms with Gasteiger partial charge >= 0.3 is 5.97 Å². The Labute approximate surface area is 169 Å². The molecule has 0 spiro atoms. The predicted octanol–water partition coefficient (Wildman–Crippen LogP) is 3.10. The fourth-order valence-electron chi connectivity index (χ4n) is 3.55. The second-order valence-electron chi connectivity index (χ2n) is 7.41. The van der Waals surface area contributed by atoms with Crippen LogP contribution in [-0.4, -0.2) is 43.2 Å². The summed E-state index contributed by atoms with van der Waals surface area (Å²) in [6.45, 7) is 5.69. The van der Waals surface area contributed by atoms with Crippen molar-refractivity contribution in [3.63, 3.8) is 0 Å². The largest absolute Gasteiger partial charge is 0.493 e. The molecular formula is C20H28N2O7. The number of nitrogens with one attached hydrogen (secondary N) is 1. The molecule has 0 heterocycles. The molecule has 1 saturated carbocycles. The van der Waals surface area contributed by atoms with Crippen molar-refractivity contribution in [3.05, 3.63) is 27.8 Å². The standard InChI is InChI=1S/C20H28N2O7/c1-11-7-6-8-15(12(11)2)21-19(23)13(3)29-20(24)14-9-17(27-4)18(28-5)10-16(14)22(25)26/h9-13,15H,6-8H2,1-5H3,(H,21,23)/t11-,12-,13-,15+/m1/s1. The minimum atomic E-state index is -1.10. The lowest BCUT2D eigenvalue weighted by Gasteiger charge is -2.35. The van der Waals surface area contributed by atoms with Crippen molar-refractivity contribution in [2.24, 2.45) is 11.8 Å². The molecular weight excluding hydrogens is 380 g/mol. The van der Waals surface area contributed by atoms with Crippen molar-refractivity contribution in [2.75, 3.05) is 14.2 Å². The van der Waals surface area contributed by atoms with Gasteiger partial charge in [0, 0.05) is 12.1 Å². The fourth-order valence-corrected chi connectivity index (χ4v) is 3.55. The SMILES string of the molecule is COc1cc(C(=O)O[C@H](C)C(=O)N[C@H]2CCC[C@@H](C)[C@H]2C)c([N+](=O)[O-])cc1OC. The zero-order valence-electron chi connectivity index (χ0n) is 17.4. The molecule has 0 bridgehead atoms. The minimum Gasteiger partial charge on any atom is -0.493 e. The van der Waals surface area contributed by atoms with Crippen LogP contribution in [-0.2, 0) is 9.53 Å². The molecule has 1 amide bonds. The van der Waals surface area contributed by atoms with Gasteiger partial charge in [-0.2, -0.15) is 0 Å². The molecule has 1 aliphatic rings. The van der Waals surface area contributed by atoms with E-state index in [1.54, 1.807) is 0 Å². The van der Waals surface area contributed by atoms with Crippen molar-refractivity contribution in [1.29, 1.82) is 0 Å². The van der Waals surface area contributed by atoms with Gasteiger partial charge < -0.3 is 19.5 Å². The lowest BCUT2D eigenvalue weighted by molar-refractivity contribution is -0.385. The van der Waals surface area contributed by atoms with E-state index in [4.69, 9.17) is 14.2 Å². The lowest BCUT2D eigenvalue weighted by Crippen LogP contribution is -2.47. The van der Waals surface area contributed by atoms with Crippen LogP contribution in [0.4, 0.5) is 5.69 Å². The Bertz CT molecular complexity index is 780. The van der Waals surface area contributed by atoms with E-state index in [9.17, 15) is 19.7 Å². The highest BCUT2D eigenvalue weighted by molar-refractivity contribution is 5.96. The Morgan fingerprint density at radius 2 is 1.79 bits per heavy atom. The van der Waals surface area contributed by atoms with Gasteiger partial charge in [0.1, 0.15) is 5.56 Å². The van der Waals surface area contributed by atoms with Gasteiger partial charge in [-0.1, -0.05) is 26.7 Å². The van der Waals surface area contributed by atoms with Gasteiger partial charge in [0.25, 0.3) is 11.6 Å². The summed E-state index contributed by atoms with van der Waals surface area (Å²) in [4.78, 5) is 35.7. The van der Waals surface area contributed by atoms with E-state index in [0.29, 0.717) is 11.8 Å². The Morgan fingerprint density at radius 3 is 2.38 bits per heavy atom. The zero-order chi connectivity index (χ0) is 21.7. The smallest absolute Gasteiger partial charge is 0.346 e. The van der Waals surface area contributed by atoms with Crippen LogP contribution in [0.25, 0.3) is 0 Å². The number of nitro groups is 1.